The van der Waals surface area contributed by atoms with Crippen molar-refractivity contribution in [1.82, 2.24) is 4.98 Å². The molecule has 25 heavy (non-hydrogen) atoms. The molecule has 0 radical (unpaired) electrons. The number of methoxy groups -OCH3 is 1. The van der Waals surface area contributed by atoms with Crippen molar-refractivity contribution in [3.8, 4) is 0 Å². The van der Waals surface area contributed by atoms with Gasteiger partial charge >= 0.3 is 5.97 Å². The third-order valence-electron chi connectivity index (χ3n) is 3.66. The number of para-hydroxylation sites is 1. The number of ether oxygens (including phenoxy) is 1. The number of carbonyl (C=O) groups excluding carboxylic acids is 2. The number of amides is 1. The lowest BCUT2D eigenvalue weighted by atomic mass is 10.2. The maximum absolute atomic E-state index is 12.1. The number of hydrogen-bond donors (Lipinski definition) is 2. The summed E-state index contributed by atoms with van der Waals surface area (Å²) in [4.78, 5) is 27.8. The first-order valence-electron chi connectivity index (χ1n) is 7.73. The minimum Gasteiger partial charge on any atom is -0.465 e. The molecule has 0 bridgehead atoms. The summed E-state index contributed by atoms with van der Waals surface area (Å²) in [6.45, 7) is 0.106. The van der Waals surface area contributed by atoms with E-state index in [1.54, 1.807) is 30.5 Å². The van der Waals surface area contributed by atoms with Gasteiger partial charge in [-0.25, -0.2) is 4.79 Å². The van der Waals surface area contributed by atoms with E-state index < -0.39 is 5.97 Å². The Bertz CT molecular complexity index is 902. The van der Waals surface area contributed by atoms with Crippen LogP contribution in [0.2, 0.25) is 0 Å². The van der Waals surface area contributed by atoms with Crippen LogP contribution < -0.4 is 10.6 Å². The average molecular weight is 335 g/mol. The molecule has 1 amide bonds. The fraction of sp³-hybridized carbons (Fsp3) is 0.105. The molecule has 6 heteroatoms. The highest BCUT2D eigenvalue weighted by Gasteiger charge is 2.07. The molecule has 3 rings (SSSR count). The van der Waals surface area contributed by atoms with Gasteiger partial charge in [-0.05, 0) is 36.4 Å². The van der Waals surface area contributed by atoms with E-state index in [-0.39, 0.29) is 12.5 Å². The van der Waals surface area contributed by atoms with Crippen molar-refractivity contribution < 1.29 is 14.3 Å². The molecule has 0 spiro atoms. The van der Waals surface area contributed by atoms with Crippen LogP contribution in [0.3, 0.4) is 0 Å². The Labute approximate surface area is 144 Å². The summed E-state index contributed by atoms with van der Waals surface area (Å²) in [6.07, 6.45) is 1.72. The predicted molar refractivity (Wildman–Crippen MR) is 96.6 cm³/mol. The zero-order valence-electron chi connectivity index (χ0n) is 13.7. The first-order chi connectivity index (χ1) is 12.2. The van der Waals surface area contributed by atoms with Gasteiger partial charge in [0.15, 0.2) is 0 Å². The number of hydrogen-bond acceptors (Lipinski definition) is 5. The quantitative estimate of drug-likeness (QED) is 0.701. The standard InChI is InChI=1S/C19H17N3O3/c1-25-19(24)14-7-9-15(10-8-14)22-17(23)12-21-16-6-2-4-13-5-3-11-20-18(13)16/h2-11,21H,12H2,1H3,(H,22,23). The summed E-state index contributed by atoms with van der Waals surface area (Å²) >= 11 is 0. The summed E-state index contributed by atoms with van der Waals surface area (Å²) in [6, 6.07) is 16.1. The lowest BCUT2D eigenvalue weighted by Gasteiger charge is -2.10. The molecule has 1 heterocycles. The Morgan fingerprint density at radius 1 is 1.04 bits per heavy atom. The molecule has 3 aromatic rings. The summed E-state index contributed by atoms with van der Waals surface area (Å²) in [5.74, 6) is -0.609. The predicted octanol–water partition coefficient (Wildman–Crippen LogP) is 3.07. The van der Waals surface area contributed by atoms with E-state index in [0.29, 0.717) is 11.3 Å². The zero-order chi connectivity index (χ0) is 17.6. The topological polar surface area (TPSA) is 80.3 Å². The van der Waals surface area contributed by atoms with Gasteiger partial charge in [-0.3, -0.25) is 9.78 Å². The lowest BCUT2D eigenvalue weighted by Crippen LogP contribution is -2.21. The number of benzene rings is 2. The maximum atomic E-state index is 12.1. The molecule has 0 unspecified atom stereocenters. The number of esters is 1. The van der Waals surface area contributed by atoms with Crippen molar-refractivity contribution in [3.05, 3.63) is 66.4 Å². The molecule has 6 nitrogen and oxygen atoms in total. The highest BCUT2D eigenvalue weighted by molar-refractivity contribution is 5.97. The van der Waals surface area contributed by atoms with Gasteiger partial charge in [-0.15, -0.1) is 0 Å². The van der Waals surface area contributed by atoms with Crippen LogP contribution in [0.1, 0.15) is 10.4 Å². The minimum absolute atomic E-state index is 0.106. The molecule has 0 aliphatic rings. The molecule has 0 aliphatic heterocycles. The molecule has 2 aromatic carbocycles. The Kier molecular flexibility index (Phi) is 4.89. The smallest absolute Gasteiger partial charge is 0.337 e. The van der Waals surface area contributed by atoms with Crippen LogP contribution in [0, 0.1) is 0 Å². The number of nitrogens with one attached hydrogen (secondary N) is 2. The van der Waals surface area contributed by atoms with Crippen LogP contribution in [0.15, 0.2) is 60.8 Å². The van der Waals surface area contributed by atoms with Crippen molar-refractivity contribution in [3.63, 3.8) is 0 Å². The second-order valence-electron chi connectivity index (χ2n) is 5.35. The molecule has 2 N–H and O–H groups in total. The second-order valence-corrected chi connectivity index (χ2v) is 5.35. The van der Waals surface area contributed by atoms with E-state index in [0.717, 1.165) is 16.6 Å². The normalized spacial score (nSPS) is 10.3. The molecular weight excluding hydrogens is 318 g/mol. The first-order valence-corrected chi connectivity index (χ1v) is 7.73. The fourth-order valence-corrected chi connectivity index (χ4v) is 2.44. The number of nitrogens with zero attached hydrogens (tertiary/aromatic N) is 1. The molecule has 126 valence electrons. The van der Waals surface area contributed by atoms with Gasteiger partial charge < -0.3 is 15.4 Å². The number of rotatable bonds is 5. The van der Waals surface area contributed by atoms with E-state index in [2.05, 4.69) is 20.4 Å². The molecule has 0 saturated heterocycles. The molecular formula is C19H17N3O3. The van der Waals surface area contributed by atoms with Crippen molar-refractivity contribution >= 4 is 34.2 Å². The van der Waals surface area contributed by atoms with Gasteiger partial charge in [-0.2, -0.15) is 0 Å². The Hall–Kier alpha value is -3.41. The van der Waals surface area contributed by atoms with Gasteiger partial charge in [0.25, 0.3) is 0 Å². The Morgan fingerprint density at radius 2 is 1.80 bits per heavy atom. The molecule has 1 aromatic heterocycles. The van der Waals surface area contributed by atoms with Crippen LogP contribution >= 0.6 is 0 Å². The molecule has 0 fully saturated rings. The lowest BCUT2D eigenvalue weighted by molar-refractivity contribution is -0.114. The van der Waals surface area contributed by atoms with Gasteiger partial charge in [0, 0.05) is 17.3 Å². The number of aromatic nitrogens is 1. The van der Waals surface area contributed by atoms with E-state index in [1.165, 1.54) is 7.11 Å². The first kappa shape index (κ1) is 16.4. The summed E-state index contributed by atoms with van der Waals surface area (Å²) in [5.41, 5.74) is 2.66. The van der Waals surface area contributed by atoms with Gasteiger partial charge in [0.05, 0.1) is 30.4 Å². The monoisotopic (exact) mass is 335 g/mol. The molecule has 0 atom stereocenters. The van der Waals surface area contributed by atoms with Crippen molar-refractivity contribution in [1.29, 1.82) is 0 Å². The molecule has 0 saturated carbocycles. The van der Waals surface area contributed by atoms with Crippen molar-refractivity contribution in [2.75, 3.05) is 24.3 Å². The third-order valence-corrected chi connectivity index (χ3v) is 3.66. The van der Waals surface area contributed by atoms with Crippen molar-refractivity contribution in [2.45, 2.75) is 0 Å². The summed E-state index contributed by atoms with van der Waals surface area (Å²) in [5, 5.41) is 6.87. The highest BCUT2D eigenvalue weighted by atomic mass is 16.5. The minimum atomic E-state index is -0.414. The fourth-order valence-electron chi connectivity index (χ4n) is 2.44. The van der Waals surface area contributed by atoms with Gasteiger partial charge in [-0.1, -0.05) is 18.2 Å². The second kappa shape index (κ2) is 7.44. The maximum Gasteiger partial charge on any atom is 0.337 e. The van der Waals surface area contributed by atoms with Crippen LogP contribution in [0.25, 0.3) is 10.9 Å². The van der Waals surface area contributed by atoms with Crippen molar-refractivity contribution in [2.24, 2.45) is 0 Å². The van der Waals surface area contributed by atoms with Crippen LogP contribution in [-0.2, 0) is 9.53 Å². The largest absolute Gasteiger partial charge is 0.465 e. The summed E-state index contributed by atoms with van der Waals surface area (Å²) in [7, 11) is 1.33. The number of fused-ring (bicyclic) bond motifs is 1. The van der Waals surface area contributed by atoms with Gasteiger partial charge in [0.2, 0.25) is 5.91 Å². The van der Waals surface area contributed by atoms with E-state index in [1.807, 2.05) is 30.3 Å². The number of anilines is 2. The van der Waals surface area contributed by atoms with Crippen LogP contribution in [-0.4, -0.2) is 30.5 Å². The van der Waals surface area contributed by atoms with Crippen LogP contribution in [0.4, 0.5) is 11.4 Å². The number of carbonyl (C=O) groups is 2. The van der Waals surface area contributed by atoms with Crippen LogP contribution in [0.5, 0.6) is 0 Å². The SMILES string of the molecule is COC(=O)c1ccc(NC(=O)CNc2cccc3cccnc23)cc1. The van der Waals surface area contributed by atoms with Gasteiger partial charge in [0.1, 0.15) is 0 Å². The summed E-state index contributed by atoms with van der Waals surface area (Å²) < 4.78 is 4.64. The third kappa shape index (κ3) is 3.92. The zero-order valence-corrected chi connectivity index (χ0v) is 13.7. The van der Waals surface area contributed by atoms with E-state index in [4.69, 9.17) is 0 Å². The van der Waals surface area contributed by atoms with E-state index >= 15 is 0 Å². The Morgan fingerprint density at radius 3 is 2.56 bits per heavy atom. The highest BCUT2D eigenvalue weighted by Crippen LogP contribution is 2.20. The van der Waals surface area contributed by atoms with E-state index in [9.17, 15) is 9.59 Å². The molecule has 0 aliphatic carbocycles. The Balaban J connectivity index is 1.62. The number of pyridine rings is 1. The average Bonchev–Trinajstić information content (AvgIpc) is 2.66.